The second kappa shape index (κ2) is 7.27. The van der Waals surface area contributed by atoms with E-state index in [1.165, 1.54) is 35.4 Å². The lowest BCUT2D eigenvalue weighted by Gasteiger charge is -2.11. The third-order valence-corrected chi connectivity index (χ3v) is 5.78. The number of aromatic nitrogens is 3. The van der Waals surface area contributed by atoms with E-state index in [2.05, 4.69) is 11.2 Å². The molecule has 1 aliphatic carbocycles. The largest absolute Gasteiger partial charge is 0.285 e. The van der Waals surface area contributed by atoms with Crippen molar-refractivity contribution < 1.29 is 0 Å². The molecule has 0 atom stereocenters. The quantitative estimate of drug-likeness (QED) is 0.835. The molecule has 0 aliphatic heterocycles. The second-order valence-electron chi connectivity index (χ2n) is 6.24. The number of nitriles is 1. The molecule has 0 spiro atoms. The van der Waals surface area contributed by atoms with Crippen molar-refractivity contribution in [3.8, 4) is 6.07 Å². The van der Waals surface area contributed by atoms with Gasteiger partial charge in [0.1, 0.15) is 11.6 Å². The molecule has 1 saturated carbocycles. The smallest absolute Gasteiger partial charge is 0.266 e. The highest BCUT2D eigenvalue weighted by molar-refractivity contribution is 7.09. The summed E-state index contributed by atoms with van der Waals surface area (Å²) < 4.78 is 1.41. The zero-order valence-electron chi connectivity index (χ0n) is 14.2. The lowest BCUT2D eigenvalue weighted by atomic mass is 10.0. The predicted molar refractivity (Wildman–Crippen MR) is 94.4 cm³/mol. The molecule has 1 fully saturated rings. The molecule has 0 amide bonds. The summed E-state index contributed by atoms with van der Waals surface area (Å²) in [5.41, 5.74) is 2.41. The van der Waals surface area contributed by atoms with Gasteiger partial charge in [0.15, 0.2) is 0 Å². The van der Waals surface area contributed by atoms with Crippen LogP contribution in [0.3, 0.4) is 0 Å². The Morgan fingerprint density at radius 3 is 2.71 bits per heavy atom. The van der Waals surface area contributed by atoms with Crippen molar-refractivity contribution in [1.29, 1.82) is 5.26 Å². The Morgan fingerprint density at radius 2 is 2.08 bits per heavy atom. The molecule has 2 aromatic heterocycles. The van der Waals surface area contributed by atoms with Crippen LogP contribution in [0.1, 0.15) is 73.0 Å². The molecule has 6 heteroatoms. The van der Waals surface area contributed by atoms with Gasteiger partial charge in [-0.3, -0.25) is 4.79 Å². The number of hydrogen-bond acceptors (Lipinski definition) is 5. The molecule has 24 heavy (non-hydrogen) atoms. The van der Waals surface area contributed by atoms with Gasteiger partial charge < -0.3 is 0 Å². The van der Waals surface area contributed by atoms with Gasteiger partial charge in [-0.2, -0.15) is 10.4 Å². The number of hydrogen-bond donors (Lipinski definition) is 0. The fourth-order valence-electron chi connectivity index (χ4n) is 3.45. The van der Waals surface area contributed by atoms with Crippen LogP contribution in [-0.2, 0) is 19.4 Å². The lowest BCUT2D eigenvalue weighted by Crippen LogP contribution is -2.29. The van der Waals surface area contributed by atoms with Gasteiger partial charge in [0.05, 0.1) is 22.9 Å². The third kappa shape index (κ3) is 3.13. The molecule has 126 valence electrons. The van der Waals surface area contributed by atoms with E-state index >= 15 is 0 Å². The number of nitrogens with zero attached hydrogens (tertiary/aromatic N) is 4. The van der Waals surface area contributed by atoms with Crippen LogP contribution in [0.4, 0.5) is 0 Å². The van der Waals surface area contributed by atoms with Crippen molar-refractivity contribution in [3.63, 3.8) is 0 Å². The Hall–Kier alpha value is -2.00. The summed E-state index contributed by atoms with van der Waals surface area (Å²) in [6, 6.07) is 2.07. The van der Waals surface area contributed by atoms with Gasteiger partial charge in [0, 0.05) is 11.3 Å². The molecule has 5 nitrogen and oxygen atoms in total. The van der Waals surface area contributed by atoms with E-state index in [0.717, 1.165) is 17.0 Å². The third-order valence-electron chi connectivity index (χ3n) is 4.73. The van der Waals surface area contributed by atoms with Crippen LogP contribution >= 0.6 is 11.3 Å². The average Bonchev–Trinajstić information content (AvgIpc) is 3.27. The zero-order chi connectivity index (χ0) is 17.1. The molecule has 0 bridgehead atoms. The van der Waals surface area contributed by atoms with E-state index in [9.17, 15) is 10.1 Å². The minimum absolute atomic E-state index is 0.232. The summed E-state index contributed by atoms with van der Waals surface area (Å²) in [6.07, 6.45) is 6.36. The summed E-state index contributed by atoms with van der Waals surface area (Å²) in [6.45, 7) is 4.29. The van der Waals surface area contributed by atoms with Gasteiger partial charge in [0.25, 0.3) is 5.56 Å². The number of aryl methyl sites for hydroxylation is 1. The number of rotatable bonds is 5. The first-order valence-corrected chi connectivity index (χ1v) is 9.53. The molecular formula is C18H22N4OS. The fourth-order valence-corrected chi connectivity index (χ4v) is 4.43. The predicted octanol–water partition coefficient (Wildman–Crippen LogP) is 3.40. The van der Waals surface area contributed by atoms with Crippen LogP contribution in [0, 0.1) is 11.3 Å². The zero-order valence-corrected chi connectivity index (χ0v) is 15.0. The second-order valence-corrected chi connectivity index (χ2v) is 7.13. The normalized spacial score (nSPS) is 14.9. The highest BCUT2D eigenvalue weighted by Gasteiger charge is 2.21. The Bertz CT molecular complexity index is 825. The van der Waals surface area contributed by atoms with E-state index in [1.807, 2.05) is 19.2 Å². The molecule has 0 unspecified atom stereocenters. The molecule has 2 aromatic rings. The molecule has 0 aromatic carbocycles. The number of thiazole rings is 1. The summed E-state index contributed by atoms with van der Waals surface area (Å²) in [7, 11) is 0. The minimum Gasteiger partial charge on any atom is -0.266 e. The average molecular weight is 342 g/mol. The van der Waals surface area contributed by atoms with Crippen LogP contribution in [-0.4, -0.2) is 14.8 Å². The van der Waals surface area contributed by atoms with Crippen molar-refractivity contribution in [2.75, 3.05) is 0 Å². The van der Waals surface area contributed by atoms with Crippen molar-refractivity contribution in [3.05, 3.63) is 43.3 Å². The highest BCUT2D eigenvalue weighted by atomic mass is 32.1. The summed E-state index contributed by atoms with van der Waals surface area (Å²) in [5.74, 6) is 0.580. The first kappa shape index (κ1) is 16.8. The molecule has 0 N–H and O–H groups in total. The maximum atomic E-state index is 12.6. The highest BCUT2D eigenvalue weighted by Crippen LogP contribution is 2.35. The van der Waals surface area contributed by atoms with Crippen molar-refractivity contribution >= 4 is 11.3 Å². The van der Waals surface area contributed by atoms with Crippen LogP contribution in [0.2, 0.25) is 0 Å². The van der Waals surface area contributed by atoms with E-state index < -0.39 is 0 Å². The van der Waals surface area contributed by atoms with E-state index in [-0.39, 0.29) is 11.1 Å². The fraction of sp³-hybridized carbons (Fsp3) is 0.556. The standard InChI is InChI=1S/C18H22N4OS/c1-3-14-15(9-19)18(23)22(21-16(14)4-2)10-13-11-24-17(20-13)12-7-5-6-8-12/h11-12H,3-8,10H2,1-2H3. The molecule has 3 rings (SSSR count). The van der Waals surface area contributed by atoms with Crippen LogP contribution in [0.25, 0.3) is 0 Å². The van der Waals surface area contributed by atoms with Crippen molar-refractivity contribution in [1.82, 2.24) is 14.8 Å². The summed E-state index contributed by atoms with van der Waals surface area (Å²) in [4.78, 5) is 17.3. The Balaban J connectivity index is 1.93. The van der Waals surface area contributed by atoms with Gasteiger partial charge in [-0.15, -0.1) is 11.3 Å². The summed E-state index contributed by atoms with van der Waals surface area (Å²) >= 11 is 1.68. The summed E-state index contributed by atoms with van der Waals surface area (Å²) in [5, 5.41) is 17.1. The first-order valence-electron chi connectivity index (χ1n) is 8.65. The van der Waals surface area contributed by atoms with Gasteiger partial charge >= 0.3 is 0 Å². The van der Waals surface area contributed by atoms with E-state index in [0.29, 0.717) is 25.3 Å². The minimum atomic E-state index is -0.304. The molecule has 0 saturated heterocycles. The maximum Gasteiger partial charge on any atom is 0.285 e. The molecule has 0 radical (unpaired) electrons. The van der Waals surface area contributed by atoms with E-state index in [4.69, 9.17) is 4.98 Å². The topological polar surface area (TPSA) is 71.6 Å². The molecule has 1 aliphatic rings. The van der Waals surface area contributed by atoms with Crippen LogP contribution in [0.15, 0.2) is 10.2 Å². The first-order chi connectivity index (χ1) is 11.7. The maximum absolute atomic E-state index is 12.6. The van der Waals surface area contributed by atoms with Crippen LogP contribution < -0.4 is 5.56 Å². The Labute approximate surface area is 146 Å². The van der Waals surface area contributed by atoms with Gasteiger partial charge in [0.2, 0.25) is 0 Å². The lowest BCUT2D eigenvalue weighted by molar-refractivity contribution is 0.601. The van der Waals surface area contributed by atoms with E-state index in [1.54, 1.807) is 11.3 Å². The van der Waals surface area contributed by atoms with Crippen LogP contribution in [0.5, 0.6) is 0 Å². The Kier molecular flexibility index (Phi) is 5.10. The van der Waals surface area contributed by atoms with Gasteiger partial charge in [-0.25, -0.2) is 9.67 Å². The van der Waals surface area contributed by atoms with Crippen molar-refractivity contribution in [2.45, 2.75) is 64.8 Å². The van der Waals surface area contributed by atoms with Gasteiger partial charge in [-0.05, 0) is 31.2 Å². The van der Waals surface area contributed by atoms with Crippen molar-refractivity contribution in [2.24, 2.45) is 0 Å². The SMILES string of the molecule is CCc1nn(Cc2csc(C3CCCC3)n2)c(=O)c(C#N)c1CC. The molecular weight excluding hydrogens is 320 g/mol. The van der Waals surface area contributed by atoms with Gasteiger partial charge in [-0.1, -0.05) is 26.7 Å². The monoisotopic (exact) mass is 342 g/mol. The Morgan fingerprint density at radius 1 is 1.33 bits per heavy atom. The molecule has 2 heterocycles.